The standard InChI is InChI=1S/C19H22N2O4S/c1-2-25-19(24)14-12-26-18(20-14)15-7-5-11-21(15)17(23)10-9-13-6-3-4-8-16(13)22/h3-4,6,8,12,15,22H,2,5,7,9-11H2,1H3. The highest BCUT2D eigenvalue weighted by Crippen LogP contribution is 2.34. The van der Waals surface area contributed by atoms with Crippen molar-refractivity contribution in [1.82, 2.24) is 9.88 Å². The van der Waals surface area contributed by atoms with Gasteiger partial charge in [0.1, 0.15) is 10.8 Å². The lowest BCUT2D eigenvalue weighted by Crippen LogP contribution is -2.30. The van der Waals surface area contributed by atoms with E-state index in [1.54, 1.807) is 24.4 Å². The summed E-state index contributed by atoms with van der Waals surface area (Å²) in [6, 6.07) is 6.99. The van der Waals surface area contributed by atoms with Crippen LogP contribution >= 0.6 is 11.3 Å². The van der Waals surface area contributed by atoms with E-state index in [9.17, 15) is 14.7 Å². The zero-order valence-corrected chi connectivity index (χ0v) is 15.5. The fourth-order valence-electron chi connectivity index (χ4n) is 3.17. The third-order valence-electron chi connectivity index (χ3n) is 4.46. The molecule has 0 spiro atoms. The number of carbonyl (C=O) groups is 2. The van der Waals surface area contributed by atoms with Crippen molar-refractivity contribution in [3.05, 3.63) is 45.9 Å². The Morgan fingerprint density at radius 2 is 2.19 bits per heavy atom. The highest BCUT2D eigenvalue weighted by atomic mass is 32.1. The van der Waals surface area contributed by atoms with Crippen molar-refractivity contribution in [2.45, 2.75) is 38.6 Å². The van der Waals surface area contributed by atoms with Crippen molar-refractivity contribution in [1.29, 1.82) is 0 Å². The number of phenolic OH excluding ortho intramolecular Hbond substituents is 1. The molecule has 1 aromatic heterocycles. The first-order chi connectivity index (χ1) is 12.6. The highest BCUT2D eigenvalue weighted by molar-refractivity contribution is 7.09. The molecular weight excluding hydrogens is 352 g/mol. The number of esters is 1. The van der Waals surface area contributed by atoms with Crippen molar-refractivity contribution >= 4 is 23.2 Å². The number of para-hydroxylation sites is 1. The van der Waals surface area contributed by atoms with Crippen LogP contribution in [0.1, 0.15) is 53.3 Å². The predicted octanol–water partition coefficient (Wildman–Crippen LogP) is 3.32. The molecule has 1 fully saturated rings. The summed E-state index contributed by atoms with van der Waals surface area (Å²) in [6.07, 6.45) is 2.60. The molecule has 7 heteroatoms. The highest BCUT2D eigenvalue weighted by Gasteiger charge is 2.32. The molecule has 3 rings (SSSR count). The number of thiazole rings is 1. The summed E-state index contributed by atoms with van der Waals surface area (Å²) in [7, 11) is 0. The number of aromatic hydroxyl groups is 1. The molecule has 0 bridgehead atoms. The summed E-state index contributed by atoms with van der Waals surface area (Å²) >= 11 is 1.39. The number of ether oxygens (including phenoxy) is 1. The lowest BCUT2D eigenvalue weighted by Gasteiger charge is -2.23. The van der Waals surface area contributed by atoms with Crippen LogP contribution in [0.4, 0.5) is 0 Å². The van der Waals surface area contributed by atoms with E-state index in [1.807, 2.05) is 17.0 Å². The maximum absolute atomic E-state index is 12.7. The Labute approximate surface area is 156 Å². The minimum atomic E-state index is -0.426. The lowest BCUT2D eigenvalue weighted by molar-refractivity contribution is -0.132. The number of hydrogen-bond acceptors (Lipinski definition) is 6. The maximum atomic E-state index is 12.7. The van der Waals surface area contributed by atoms with Crippen molar-refractivity contribution in [3.8, 4) is 5.75 Å². The summed E-state index contributed by atoms with van der Waals surface area (Å²) in [5.41, 5.74) is 1.08. The first-order valence-electron chi connectivity index (χ1n) is 8.79. The average Bonchev–Trinajstić information content (AvgIpc) is 3.30. The van der Waals surface area contributed by atoms with Crippen LogP contribution < -0.4 is 0 Å². The largest absolute Gasteiger partial charge is 0.508 e. The molecule has 1 atom stereocenters. The van der Waals surface area contributed by atoms with Gasteiger partial charge in [0.15, 0.2) is 5.69 Å². The number of phenols is 1. The molecule has 1 aromatic carbocycles. The first-order valence-corrected chi connectivity index (χ1v) is 9.67. The van der Waals surface area contributed by atoms with Gasteiger partial charge in [0.25, 0.3) is 0 Å². The molecule has 138 valence electrons. The van der Waals surface area contributed by atoms with Crippen molar-refractivity contribution < 1.29 is 19.4 Å². The molecule has 0 saturated carbocycles. The van der Waals surface area contributed by atoms with Crippen LogP contribution in [0.15, 0.2) is 29.6 Å². The second kappa shape index (κ2) is 8.31. The number of benzene rings is 1. The van der Waals surface area contributed by atoms with Crippen LogP contribution in [0.2, 0.25) is 0 Å². The van der Waals surface area contributed by atoms with Gasteiger partial charge in [-0.05, 0) is 37.8 Å². The molecule has 0 radical (unpaired) electrons. The van der Waals surface area contributed by atoms with E-state index in [-0.39, 0.29) is 17.7 Å². The van der Waals surface area contributed by atoms with E-state index >= 15 is 0 Å². The van der Waals surface area contributed by atoms with E-state index in [1.165, 1.54) is 11.3 Å². The van der Waals surface area contributed by atoms with Crippen LogP contribution in [-0.4, -0.2) is 40.0 Å². The molecule has 2 heterocycles. The smallest absolute Gasteiger partial charge is 0.357 e. The zero-order chi connectivity index (χ0) is 18.5. The number of amides is 1. The van der Waals surface area contributed by atoms with Gasteiger partial charge in [-0.15, -0.1) is 11.3 Å². The Morgan fingerprint density at radius 3 is 2.96 bits per heavy atom. The van der Waals surface area contributed by atoms with Crippen LogP contribution in [0.3, 0.4) is 0 Å². The van der Waals surface area contributed by atoms with E-state index in [0.29, 0.717) is 31.7 Å². The minimum Gasteiger partial charge on any atom is -0.508 e. The van der Waals surface area contributed by atoms with Gasteiger partial charge in [0, 0.05) is 18.3 Å². The average molecular weight is 374 g/mol. The molecule has 1 aliphatic heterocycles. The molecule has 1 amide bonds. The lowest BCUT2D eigenvalue weighted by atomic mass is 10.1. The molecule has 1 unspecified atom stereocenters. The van der Waals surface area contributed by atoms with Gasteiger partial charge in [0.2, 0.25) is 5.91 Å². The Bertz CT molecular complexity index is 789. The quantitative estimate of drug-likeness (QED) is 0.785. The van der Waals surface area contributed by atoms with Gasteiger partial charge >= 0.3 is 5.97 Å². The van der Waals surface area contributed by atoms with Gasteiger partial charge in [-0.25, -0.2) is 9.78 Å². The minimum absolute atomic E-state index is 0.0450. The molecule has 1 N–H and O–H groups in total. The van der Waals surface area contributed by atoms with Crippen molar-refractivity contribution in [3.63, 3.8) is 0 Å². The Morgan fingerprint density at radius 1 is 1.38 bits per heavy atom. The number of aryl methyl sites for hydroxylation is 1. The summed E-state index contributed by atoms with van der Waals surface area (Å²) in [5, 5.41) is 12.3. The summed E-state index contributed by atoms with van der Waals surface area (Å²) in [4.78, 5) is 30.7. The topological polar surface area (TPSA) is 79.7 Å². The zero-order valence-electron chi connectivity index (χ0n) is 14.7. The van der Waals surface area contributed by atoms with Crippen LogP contribution in [0.25, 0.3) is 0 Å². The molecule has 6 nitrogen and oxygen atoms in total. The van der Waals surface area contributed by atoms with E-state index in [4.69, 9.17) is 4.74 Å². The van der Waals surface area contributed by atoms with Gasteiger partial charge in [-0.2, -0.15) is 0 Å². The molecule has 26 heavy (non-hydrogen) atoms. The third-order valence-corrected chi connectivity index (χ3v) is 5.41. The molecular formula is C19H22N2O4S. The number of aromatic nitrogens is 1. The van der Waals surface area contributed by atoms with Gasteiger partial charge in [-0.3, -0.25) is 4.79 Å². The van der Waals surface area contributed by atoms with E-state index in [0.717, 1.165) is 23.4 Å². The molecule has 1 saturated heterocycles. The van der Waals surface area contributed by atoms with Crippen LogP contribution in [0, 0.1) is 0 Å². The monoisotopic (exact) mass is 374 g/mol. The predicted molar refractivity (Wildman–Crippen MR) is 98.2 cm³/mol. The normalized spacial score (nSPS) is 16.7. The Balaban J connectivity index is 1.65. The Kier molecular flexibility index (Phi) is 5.88. The fraction of sp³-hybridized carbons (Fsp3) is 0.421. The number of hydrogen-bond donors (Lipinski definition) is 1. The second-order valence-electron chi connectivity index (χ2n) is 6.17. The van der Waals surface area contributed by atoms with E-state index < -0.39 is 5.97 Å². The van der Waals surface area contributed by atoms with Crippen LogP contribution in [0.5, 0.6) is 5.75 Å². The first kappa shape index (κ1) is 18.4. The van der Waals surface area contributed by atoms with Gasteiger partial charge in [0.05, 0.1) is 12.6 Å². The molecule has 0 aliphatic carbocycles. The van der Waals surface area contributed by atoms with Crippen LogP contribution in [-0.2, 0) is 16.0 Å². The SMILES string of the molecule is CCOC(=O)c1csc(C2CCCN2C(=O)CCc2ccccc2O)n1. The third kappa shape index (κ3) is 4.04. The fourth-order valence-corrected chi connectivity index (χ4v) is 4.10. The van der Waals surface area contributed by atoms with E-state index in [2.05, 4.69) is 4.98 Å². The van der Waals surface area contributed by atoms with Crippen molar-refractivity contribution in [2.75, 3.05) is 13.2 Å². The van der Waals surface area contributed by atoms with Gasteiger partial charge in [-0.1, -0.05) is 18.2 Å². The summed E-state index contributed by atoms with van der Waals surface area (Å²) in [6.45, 7) is 2.76. The Hall–Kier alpha value is -2.41. The number of nitrogens with zero attached hydrogens (tertiary/aromatic N) is 2. The number of carbonyl (C=O) groups excluding carboxylic acids is 2. The number of rotatable bonds is 6. The van der Waals surface area contributed by atoms with Crippen molar-refractivity contribution in [2.24, 2.45) is 0 Å². The van der Waals surface area contributed by atoms with Gasteiger partial charge < -0.3 is 14.7 Å². The maximum Gasteiger partial charge on any atom is 0.357 e. The second-order valence-corrected chi connectivity index (χ2v) is 7.06. The number of likely N-dealkylation sites (tertiary alicyclic amines) is 1. The summed E-state index contributed by atoms with van der Waals surface area (Å²) in [5.74, 6) is -0.161. The summed E-state index contributed by atoms with van der Waals surface area (Å²) < 4.78 is 4.98. The molecule has 2 aromatic rings. The molecule has 1 aliphatic rings.